The fourth-order valence-corrected chi connectivity index (χ4v) is 3.18. The van der Waals surface area contributed by atoms with Crippen LogP contribution < -0.4 is 5.32 Å². The van der Waals surface area contributed by atoms with Crippen LogP contribution in [0.4, 0.5) is 19.1 Å². The number of thiophene rings is 1. The van der Waals surface area contributed by atoms with Crippen LogP contribution in [0.3, 0.4) is 0 Å². The Morgan fingerprint density at radius 3 is 2.80 bits per heavy atom. The summed E-state index contributed by atoms with van der Waals surface area (Å²) < 4.78 is 40.3. The maximum absolute atomic E-state index is 13.1. The number of fused-ring (bicyclic) bond motifs is 1. The van der Waals surface area contributed by atoms with Crippen LogP contribution >= 0.6 is 11.3 Å². The van der Waals surface area contributed by atoms with E-state index in [1.54, 1.807) is 6.92 Å². The molecule has 2 aromatic rings. The summed E-state index contributed by atoms with van der Waals surface area (Å²) in [4.78, 5) is 5.03. The van der Waals surface area contributed by atoms with Gasteiger partial charge in [-0.2, -0.15) is 18.2 Å². The fraction of sp³-hybridized carbons (Fsp3) is 0.500. The van der Waals surface area contributed by atoms with Gasteiger partial charge in [0.05, 0.1) is 4.88 Å². The number of alkyl halides is 3. The van der Waals surface area contributed by atoms with Crippen molar-refractivity contribution in [1.82, 2.24) is 14.8 Å². The second-order valence-corrected chi connectivity index (χ2v) is 5.89. The Morgan fingerprint density at radius 1 is 1.45 bits per heavy atom. The highest BCUT2D eigenvalue weighted by molar-refractivity contribution is 7.13. The highest BCUT2D eigenvalue weighted by atomic mass is 32.1. The molecule has 0 aromatic carbocycles. The van der Waals surface area contributed by atoms with Gasteiger partial charge in [0.1, 0.15) is 0 Å². The lowest BCUT2D eigenvalue weighted by atomic mass is 10.1. The number of aromatic nitrogens is 3. The predicted molar refractivity (Wildman–Crippen MR) is 70.9 cm³/mol. The third-order valence-electron chi connectivity index (χ3n) is 3.32. The first-order chi connectivity index (χ1) is 9.36. The first-order valence-corrected chi connectivity index (χ1v) is 7.08. The molecule has 0 fully saturated rings. The van der Waals surface area contributed by atoms with Crippen molar-refractivity contribution in [2.45, 2.75) is 38.5 Å². The zero-order chi connectivity index (χ0) is 14.5. The Morgan fingerprint density at radius 2 is 2.20 bits per heavy atom. The molecule has 0 radical (unpaired) electrons. The first kappa shape index (κ1) is 13.4. The first-order valence-electron chi connectivity index (χ1n) is 6.20. The van der Waals surface area contributed by atoms with E-state index in [1.807, 2.05) is 18.4 Å². The van der Waals surface area contributed by atoms with Gasteiger partial charge in [0, 0.05) is 6.04 Å². The van der Waals surface area contributed by atoms with E-state index < -0.39 is 12.2 Å². The highest BCUT2D eigenvalue weighted by Gasteiger charge is 2.46. The van der Waals surface area contributed by atoms with Gasteiger partial charge in [0.2, 0.25) is 5.95 Å². The zero-order valence-electron chi connectivity index (χ0n) is 10.9. The van der Waals surface area contributed by atoms with Gasteiger partial charge in [-0.15, -0.1) is 16.4 Å². The largest absolute Gasteiger partial charge is 0.411 e. The molecular formula is C12H13F3N4S. The van der Waals surface area contributed by atoms with E-state index in [0.29, 0.717) is 5.82 Å². The van der Waals surface area contributed by atoms with Gasteiger partial charge in [-0.3, -0.25) is 0 Å². The number of halogens is 3. The summed E-state index contributed by atoms with van der Waals surface area (Å²) in [5, 5.41) is 8.90. The quantitative estimate of drug-likeness (QED) is 0.875. The molecule has 108 valence electrons. The third kappa shape index (κ3) is 2.17. The summed E-state index contributed by atoms with van der Waals surface area (Å²) in [5.41, 5.74) is 0.967. The third-order valence-corrected chi connectivity index (χ3v) is 4.33. The standard InChI is InChI=1S/C12H13F3N4S/c1-6-3-4-20-9(6)10-17-11-16-7(2)5-8(12(13,14)15)19(11)18-10/h3-4,7-8H,5H2,1-2H3,(H,16,17,18). The molecule has 20 heavy (non-hydrogen) atoms. The molecule has 0 spiro atoms. The van der Waals surface area contributed by atoms with Crippen molar-refractivity contribution in [2.75, 3.05) is 5.32 Å². The topological polar surface area (TPSA) is 42.7 Å². The van der Waals surface area contributed by atoms with Crippen LogP contribution in [0.1, 0.15) is 24.9 Å². The van der Waals surface area contributed by atoms with Gasteiger partial charge >= 0.3 is 6.18 Å². The molecule has 3 rings (SSSR count). The van der Waals surface area contributed by atoms with Crippen LogP contribution in [0.15, 0.2) is 11.4 Å². The van der Waals surface area contributed by atoms with Crippen molar-refractivity contribution in [3.8, 4) is 10.7 Å². The van der Waals surface area contributed by atoms with Crippen molar-refractivity contribution in [3.05, 3.63) is 17.0 Å². The maximum atomic E-state index is 13.1. The van der Waals surface area contributed by atoms with Crippen LogP contribution in [0.5, 0.6) is 0 Å². The molecule has 1 N–H and O–H groups in total. The lowest BCUT2D eigenvalue weighted by molar-refractivity contribution is -0.173. The number of nitrogens with zero attached hydrogens (tertiary/aromatic N) is 3. The Labute approximate surface area is 117 Å². The minimum Gasteiger partial charge on any atom is -0.352 e. The molecule has 1 aliphatic heterocycles. The van der Waals surface area contributed by atoms with E-state index >= 15 is 0 Å². The number of rotatable bonds is 1. The van der Waals surface area contributed by atoms with Gasteiger partial charge in [-0.25, -0.2) is 4.68 Å². The monoisotopic (exact) mass is 302 g/mol. The molecular weight excluding hydrogens is 289 g/mol. The zero-order valence-corrected chi connectivity index (χ0v) is 11.7. The van der Waals surface area contributed by atoms with E-state index in [9.17, 15) is 13.2 Å². The molecule has 1 aliphatic rings. The number of nitrogens with one attached hydrogen (secondary N) is 1. The van der Waals surface area contributed by atoms with E-state index in [1.165, 1.54) is 11.3 Å². The molecule has 2 atom stereocenters. The normalized spacial score (nSPS) is 22.4. The maximum Gasteiger partial charge on any atom is 0.411 e. The van der Waals surface area contributed by atoms with Crippen LogP contribution in [0.25, 0.3) is 10.7 Å². The van der Waals surface area contributed by atoms with E-state index in [2.05, 4.69) is 15.4 Å². The van der Waals surface area contributed by atoms with Crippen molar-refractivity contribution >= 4 is 17.3 Å². The van der Waals surface area contributed by atoms with Crippen LogP contribution in [-0.4, -0.2) is 27.0 Å². The van der Waals surface area contributed by atoms with Gasteiger partial charge < -0.3 is 5.32 Å². The fourth-order valence-electron chi connectivity index (χ4n) is 2.32. The van der Waals surface area contributed by atoms with Gasteiger partial charge in [-0.05, 0) is 37.3 Å². The Bertz CT molecular complexity index is 631. The Hall–Kier alpha value is -1.57. The summed E-state index contributed by atoms with van der Waals surface area (Å²) >= 11 is 1.43. The minimum absolute atomic E-state index is 0.0390. The number of hydrogen-bond donors (Lipinski definition) is 1. The lowest BCUT2D eigenvalue weighted by Gasteiger charge is -2.30. The Kier molecular flexibility index (Phi) is 3.00. The summed E-state index contributed by atoms with van der Waals surface area (Å²) in [6, 6.07) is 0.00277. The molecule has 0 aliphatic carbocycles. The smallest absolute Gasteiger partial charge is 0.352 e. The van der Waals surface area contributed by atoms with Crippen molar-refractivity contribution in [3.63, 3.8) is 0 Å². The number of anilines is 1. The summed E-state index contributed by atoms with van der Waals surface area (Å²) in [5.74, 6) is 0.539. The van der Waals surface area contributed by atoms with Crippen LogP contribution in [0.2, 0.25) is 0 Å². The van der Waals surface area contributed by atoms with Crippen molar-refractivity contribution in [1.29, 1.82) is 0 Å². The minimum atomic E-state index is -4.32. The average Bonchev–Trinajstić information content (AvgIpc) is 2.91. The number of aryl methyl sites for hydroxylation is 1. The molecule has 2 unspecified atom stereocenters. The van der Waals surface area contributed by atoms with Crippen molar-refractivity contribution in [2.24, 2.45) is 0 Å². The van der Waals surface area contributed by atoms with Crippen molar-refractivity contribution < 1.29 is 13.2 Å². The molecule has 2 aromatic heterocycles. The highest BCUT2D eigenvalue weighted by Crippen LogP contribution is 2.39. The SMILES string of the molecule is Cc1ccsc1-c1nc2n(n1)C(C(F)(F)F)CC(C)N2. The molecule has 0 saturated carbocycles. The Balaban J connectivity index is 2.07. The predicted octanol–water partition coefficient (Wildman–Crippen LogP) is 3.62. The molecule has 4 nitrogen and oxygen atoms in total. The molecule has 0 saturated heterocycles. The second-order valence-electron chi connectivity index (χ2n) is 4.97. The summed E-state index contributed by atoms with van der Waals surface area (Å²) in [7, 11) is 0. The summed E-state index contributed by atoms with van der Waals surface area (Å²) in [6.45, 7) is 3.61. The van der Waals surface area contributed by atoms with E-state index in [0.717, 1.165) is 15.1 Å². The van der Waals surface area contributed by atoms with Gasteiger partial charge in [0.15, 0.2) is 11.9 Å². The van der Waals surface area contributed by atoms with E-state index in [-0.39, 0.29) is 18.4 Å². The number of hydrogen-bond acceptors (Lipinski definition) is 4. The van der Waals surface area contributed by atoms with Crippen LogP contribution in [0, 0.1) is 6.92 Å². The van der Waals surface area contributed by atoms with Crippen LogP contribution in [-0.2, 0) is 0 Å². The van der Waals surface area contributed by atoms with Gasteiger partial charge in [0.25, 0.3) is 0 Å². The molecule has 0 bridgehead atoms. The van der Waals surface area contributed by atoms with E-state index in [4.69, 9.17) is 0 Å². The lowest BCUT2D eigenvalue weighted by Crippen LogP contribution is -2.38. The second kappa shape index (κ2) is 4.47. The van der Waals surface area contributed by atoms with Gasteiger partial charge in [-0.1, -0.05) is 0 Å². The molecule has 3 heterocycles. The average molecular weight is 302 g/mol. The molecule has 0 amide bonds. The summed E-state index contributed by atoms with van der Waals surface area (Å²) in [6.07, 6.45) is -4.36. The molecule has 8 heteroatoms.